The summed E-state index contributed by atoms with van der Waals surface area (Å²) in [5.41, 5.74) is 3.31. The molecule has 0 heterocycles. The third kappa shape index (κ3) is 4.14. The van der Waals surface area contributed by atoms with Crippen LogP contribution in [0.25, 0.3) is 0 Å². The molecule has 5 nitrogen and oxygen atoms in total. The van der Waals surface area contributed by atoms with E-state index < -0.39 is 10.0 Å². The van der Waals surface area contributed by atoms with Gasteiger partial charge in [0.15, 0.2) is 0 Å². The molecule has 1 N–H and O–H groups in total. The summed E-state index contributed by atoms with van der Waals surface area (Å²) < 4.78 is 26.4. The molecule has 0 aliphatic carbocycles. The Balaban J connectivity index is 2.25. The van der Waals surface area contributed by atoms with E-state index in [4.69, 9.17) is 0 Å². The molecule has 0 aromatic heterocycles. The highest BCUT2D eigenvalue weighted by Gasteiger charge is 2.21. The van der Waals surface area contributed by atoms with Crippen molar-refractivity contribution in [3.8, 4) is 0 Å². The minimum absolute atomic E-state index is 0.197. The van der Waals surface area contributed by atoms with E-state index in [1.54, 1.807) is 26.0 Å². The van der Waals surface area contributed by atoms with Crippen LogP contribution in [0, 0.1) is 6.92 Å². The average molecular weight is 375 g/mol. The number of nitrogens with one attached hydrogen (secondary N) is 1. The Hall–Kier alpha value is -2.18. The van der Waals surface area contributed by atoms with Gasteiger partial charge in [0.1, 0.15) is 0 Å². The van der Waals surface area contributed by atoms with Crippen LogP contribution in [0.2, 0.25) is 0 Å². The van der Waals surface area contributed by atoms with Crippen LogP contribution in [-0.2, 0) is 16.4 Å². The molecule has 2 rings (SSSR count). The maximum Gasteiger partial charge on any atom is 0.255 e. The summed E-state index contributed by atoms with van der Waals surface area (Å²) in [7, 11) is -3.52. The molecule has 0 aliphatic heterocycles. The zero-order chi connectivity index (χ0) is 19.3. The standard InChI is InChI=1S/C20H26N2O3S/c1-5-16-10-8-9-15(4)19(16)21-20(23)17-11-13-18(14-12-17)26(24,25)22(6-2)7-3/h8-14H,5-7H2,1-4H3,(H,21,23). The summed E-state index contributed by atoms with van der Waals surface area (Å²) in [6.07, 6.45) is 0.818. The number of amides is 1. The van der Waals surface area contributed by atoms with E-state index in [-0.39, 0.29) is 10.8 Å². The summed E-state index contributed by atoms with van der Waals surface area (Å²) >= 11 is 0. The SMILES string of the molecule is CCc1cccc(C)c1NC(=O)c1ccc(S(=O)(=O)N(CC)CC)cc1. The lowest BCUT2D eigenvalue weighted by molar-refractivity contribution is 0.102. The smallest absolute Gasteiger partial charge is 0.255 e. The molecule has 0 bridgehead atoms. The summed E-state index contributed by atoms with van der Waals surface area (Å²) in [6, 6.07) is 12.0. The molecule has 26 heavy (non-hydrogen) atoms. The third-order valence-corrected chi connectivity index (χ3v) is 6.50. The van der Waals surface area contributed by atoms with Gasteiger partial charge in [-0.1, -0.05) is 39.0 Å². The van der Waals surface area contributed by atoms with E-state index in [2.05, 4.69) is 5.32 Å². The van der Waals surface area contributed by atoms with Crippen molar-refractivity contribution in [2.45, 2.75) is 39.0 Å². The van der Waals surface area contributed by atoms with Crippen molar-refractivity contribution in [1.82, 2.24) is 4.31 Å². The number of nitrogens with zero attached hydrogens (tertiary/aromatic N) is 1. The minimum Gasteiger partial charge on any atom is -0.321 e. The number of anilines is 1. The normalized spacial score (nSPS) is 11.6. The Labute approximate surface area is 156 Å². The highest BCUT2D eigenvalue weighted by Crippen LogP contribution is 2.22. The van der Waals surface area contributed by atoms with Crippen LogP contribution in [0.3, 0.4) is 0 Å². The Kier molecular flexibility index (Phi) is 6.56. The molecule has 0 aliphatic rings. The number of rotatable bonds is 7. The third-order valence-electron chi connectivity index (χ3n) is 4.44. The second kappa shape index (κ2) is 8.47. The molecule has 0 fully saturated rings. The average Bonchev–Trinajstić information content (AvgIpc) is 2.64. The number of para-hydroxylation sites is 1. The zero-order valence-electron chi connectivity index (χ0n) is 15.7. The molecule has 0 saturated heterocycles. The summed E-state index contributed by atoms with van der Waals surface area (Å²) in [6.45, 7) is 8.42. The van der Waals surface area contributed by atoms with Gasteiger partial charge in [0.2, 0.25) is 10.0 Å². The van der Waals surface area contributed by atoms with Gasteiger partial charge in [-0.3, -0.25) is 4.79 Å². The first-order valence-corrected chi connectivity index (χ1v) is 10.3. The Morgan fingerprint density at radius 2 is 1.62 bits per heavy atom. The second-order valence-electron chi connectivity index (χ2n) is 6.03. The predicted molar refractivity (Wildman–Crippen MR) is 105 cm³/mol. The first-order chi connectivity index (χ1) is 12.3. The first kappa shape index (κ1) is 20.1. The van der Waals surface area contributed by atoms with Crippen molar-refractivity contribution in [2.24, 2.45) is 0 Å². The van der Waals surface area contributed by atoms with Crippen molar-refractivity contribution in [1.29, 1.82) is 0 Å². The maximum atomic E-state index is 12.6. The largest absolute Gasteiger partial charge is 0.321 e. The van der Waals surface area contributed by atoms with Gasteiger partial charge in [0.05, 0.1) is 4.90 Å². The van der Waals surface area contributed by atoms with Gasteiger partial charge < -0.3 is 5.32 Å². The van der Waals surface area contributed by atoms with Gasteiger partial charge in [-0.25, -0.2) is 8.42 Å². The zero-order valence-corrected chi connectivity index (χ0v) is 16.6. The maximum absolute atomic E-state index is 12.6. The molecule has 140 valence electrons. The topological polar surface area (TPSA) is 66.5 Å². The highest BCUT2D eigenvalue weighted by molar-refractivity contribution is 7.89. The molecule has 0 atom stereocenters. The summed E-state index contributed by atoms with van der Waals surface area (Å²) in [4.78, 5) is 12.8. The minimum atomic E-state index is -3.52. The van der Waals surface area contributed by atoms with Crippen LogP contribution in [0.15, 0.2) is 47.4 Å². The van der Waals surface area contributed by atoms with Crippen molar-refractivity contribution < 1.29 is 13.2 Å². The van der Waals surface area contributed by atoms with E-state index in [9.17, 15) is 13.2 Å². The van der Waals surface area contributed by atoms with Gasteiger partial charge >= 0.3 is 0 Å². The van der Waals surface area contributed by atoms with Crippen molar-refractivity contribution in [2.75, 3.05) is 18.4 Å². The predicted octanol–water partition coefficient (Wildman–Crippen LogP) is 3.84. The molecule has 0 unspecified atom stereocenters. The molecule has 1 amide bonds. The van der Waals surface area contributed by atoms with E-state index in [0.717, 1.165) is 23.2 Å². The number of benzene rings is 2. The molecule has 0 radical (unpaired) electrons. The number of carbonyl (C=O) groups is 1. The lowest BCUT2D eigenvalue weighted by Gasteiger charge is -2.18. The fourth-order valence-electron chi connectivity index (χ4n) is 2.88. The summed E-state index contributed by atoms with van der Waals surface area (Å²) in [5.74, 6) is -0.249. The van der Waals surface area contributed by atoms with Crippen LogP contribution in [0.1, 0.15) is 42.3 Å². The summed E-state index contributed by atoms with van der Waals surface area (Å²) in [5, 5.41) is 2.95. The van der Waals surface area contributed by atoms with E-state index in [0.29, 0.717) is 18.7 Å². The fourth-order valence-corrected chi connectivity index (χ4v) is 4.34. The first-order valence-electron chi connectivity index (χ1n) is 8.85. The Morgan fingerprint density at radius 3 is 2.15 bits per heavy atom. The lowest BCUT2D eigenvalue weighted by atomic mass is 10.1. The van der Waals surface area contributed by atoms with E-state index in [1.807, 2.05) is 32.0 Å². The monoisotopic (exact) mass is 374 g/mol. The van der Waals surface area contributed by atoms with Gasteiger partial charge in [-0.2, -0.15) is 4.31 Å². The number of sulfonamides is 1. The highest BCUT2D eigenvalue weighted by atomic mass is 32.2. The molecule has 2 aromatic carbocycles. The van der Waals surface area contributed by atoms with Crippen molar-refractivity contribution >= 4 is 21.6 Å². The number of hydrogen-bond donors (Lipinski definition) is 1. The molecule has 0 spiro atoms. The number of hydrogen-bond acceptors (Lipinski definition) is 3. The van der Waals surface area contributed by atoms with Gasteiger partial charge in [0.25, 0.3) is 5.91 Å². The Morgan fingerprint density at radius 1 is 1.00 bits per heavy atom. The van der Waals surface area contributed by atoms with Gasteiger partial charge in [0, 0.05) is 24.3 Å². The van der Waals surface area contributed by atoms with Crippen LogP contribution >= 0.6 is 0 Å². The van der Waals surface area contributed by atoms with E-state index in [1.165, 1.54) is 16.4 Å². The van der Waals surface area contributed by atoms with Crippen LogP contribution in [-0.4, -0.2) is 31.7 Å². The molecular formula is C20H26N2O3S. The van der Waals surface area contributed by atoms with Crippen molar-refractivity contribution in [3.63, 3.8) is 0 Å². The Bertz CT molecular complexity index is 870. The molecule has 0 saturated carbocycles. The van der Waals surface area contributed by atoms with Gasteiger partial charge in [-0.15, -0.1) is 0 Å². The second-order valence-corrected chi connectivity index (χ2v) is 7.97. The fraction of sp³-hybridized carbons (Fsp3) is 0.350. The van der Waals surface area contributed by atoms with Crippen LogP contribution in [0.4, 0.5) is 5.69 Å². The number of carbonyl (C=O) groups excluding carboxylic acids is 1. The van der Waals surface area contributed by atoms with Crippen LogP contribution < -0.4 is 5.32 Å². The lowest BCUT2D eigenvalue weighted by Crippen LogP contribution is -2.30. The molecule has 6 heteroatoms. The molecule has 2 aromatic rings. The van der Waals surface area contributed by atoms with Crippen LogP contribution in [0.5, 0.6) is 0 Å². The van der Waals surface area contributed by atoms with E-state index >= 15 is 0 Å². The number of aryl methyl sites for hydroxylation is 2. The van der Waals surface area contributed by atoms with Gasteiger partial charge in [-0.05, 0) is 48.7 Å². The van der Waals surface area contributed by atoms with Crippen molar-refractivity contribution in [3.05, 3.63) is 59.2 Å². The quantitative estimate of drug-likeness (QED) is 0.801. The molecular weight excluding hydrogens is 348 g/mol.